The van der Waals surface area contributed by atoms with E-state index in [1.54, 1.807) is 6.07 Å². The summed E-state index contributed by atoms with van der Waals surface area (Å²) in [4.78, 5) is 2.08. The molecular weight excluding hydrogens is 425 g/mol. The molecule has 1 saturated heterocycles. The largest absolute Gasteiger partial charge is 0.503 e. The Hall–Kier alpha value is -3.02. The summed E-state index contributed by atoms with van der Waals surface area (Å²) in [5.74, 6) is -4.80. The van der Waals surface area contributed by atoms with Crippen LogP contribution in [0.4, 0.5) is 27.8 Å². The molecule has 12 heteroatoms. The van der Waals surface area contributed by atoms with E-state index < -0.39 is 34.7 Å². The maximum absolute atomic E-state index is 14.6. The molecule has 1 saturated carbocycles. The van der Waals surface area contributed by atoms with E-state index >= 15 is 0 Å². The molecule has 0 unspecified atom stereocenters. The minimum atomic E-state index is -5.14. The molecule has 0 atom stereocenters. The van der Waals surface area contributed by atoms with E-state index in [-0.39, 0.29) is 22.8 Å². The van der Waals surface area contributed by atoms with E-state index in [9.17, 15) is 27.1 Å². The molecule has 7 nitrogen and oxygen atoms in total. The fourth-order valence-corrected chi connectivity index (χ4v) is 4.00. The van der Waals surface area contributed by atoms with Gasteiger partial charge in [0.05, 0.1) is 29.8 Å². The molecule has 1 N–H and O–H groups in total. The van der Waals surface area contributed by atoms with Crippen LogP contribution in [0.1, 0.15) is 18.4 Å². The fourth-order valence-electron chi connectivity index (χ4n) is 4.00. The number of anilines is 1. The number of ether oxygens (including phenoxy) is 1. The van der Waals surface area contributed by atoms with Gasteiger partial charge in [0.25, 0.3) is 0 Å². The number of aromatic hydroxyl groups is 1. The quantitative estimate of drug-likeness (QED) is 0.615. The van der Waals surface area contributed by atoms with Gasteiger partial charge in [-0.1, -0.05) is 0 Å². The Balaban J connectivity index is 1.65. The van der Waals surface area contributed by atoms with Crippen molar-refractivity contribution in [3.05, 3.63) is 29.3 Å². The van der Waals surface area contributed by atoms with Crippen molar-refractivity contribution in [1.82, 2.24) is 20.0 Å². The number of rotatable bonds is 2. The number of halogens is 5. The summed E-state index contributed by atoms with van der Waals surface area (Å²) in [5.41, 5.74) is -2.49. The van der Waals surface area contributed by atoms with Crippen molar-refractivity contribution >= 4 is 16.9 Å². The van der Waals surface area contributed by atoms with Crippen LogP contribution in [-0.2, 0) is 18.0 Å². The van der Waals surface area contributed by atoms with Crippen molar-refractivity contribution in [3.8, 4) is 17.0 Å². The molecule has 3 heterocycles. The zero-order chi connectivity index (χ0) is 22.1. The molecule has 31 heavy (non-hydrogen) atoms. The van der Waals surface area contributed by atoms with Crippen LogP contribution in [0.25, 0.3) is 22.3 Å². The third kappa shape index (κ3) is 2.99. The Morgan fingerprint density at radius 3 is 2.55 bits per heavy atom. The van der Waals surface area contributed by atoms with Gasteiger partial charge in [0, 0.05) is 25.2 Å². The molecule has 3 aromatic rings. The van der Waals surface area contributed by atoms with Crippen LogP contribution < -0.4 is 4.90 Å². The van der Waals surface area contributed by atoms with Crippen LogP contribution in [0.3, 0.4) is 0 Å². The second kappa shape index (κ2) is 6.49. The van der Waals surface area contributed by atoms with Gasteiger partial charge in [-0.25, -0.2) is 8.78 Å². The number of phenols is 1. The Morgan fingerprint density at radius 1 is 1.13 bits per heavy atom. The molecule has 0 amide bonds. The number of aryl methyl sites for hydroxylation is 1. The topological polar surface area (TPSA) is 76.3 Å². The van der Waals surface area contributed by atoms with Gasteiger partial charge in [0.1, 0.15) is 11.2 Å². The van der Waals surface area contributed by atoms with E-state index in [0.717, 1.165) is 12.8 Å². The molecule has 0 bridgehead atoms. The van der Waals surface area contributed by atoms with Gasteiger partial charge in [-0.05, 0) is 18.9 Å². The van der Waals surface area contributed by atoms with E-state index in [1.165, 1.54) is 11.7 Å². The second-order valence-electron chi connectivity index (χ2n) is 7.78. The third-order valence-corrected chi connectivity index (χ3v) is 5.83. The summed E-state index contributed by atoms with van der Waals surface area (Å²) >= 11 is 0. The summed E-state index contributed by atoms with van der Waals surface area (Å²) in [5, 5.41) is 22.0. The monoisotopic (exact) mass is 441 g/mol. The molecule has 164 valence electrons. The van der Waals surface area contributed by atoms with Crippen molar-refractivity contribution in [2.24, 2.45) is 7.05 Å². The Bertz CT molecular complexity index is 1200. The Labute approximate surface area is 172 Å². The number of benzene rings is 1. The summed E-state index contributed by atoms with van der Waals surface area (Å²) in [6.45, 7) is 1.71. The van der Waals surface area contributed by atoms with E-state index in [0.29, 0.717) is 31.1 Å². The lowest BCUT2D eigenvalue weighted by Crippen LogP contribution is -2.48. The Kier molecular flexibility index (Phi) is 4.17. The smallest absolute Gasteiger partial charge is 0.419 e. The van der Waals surface area contributed by atoms with Gasteiger partial charge in [-0.15, -0.1) is 10.2 Å². The predicted octanol–water partition coefficient (Wildman–Crippen LogP) is 3.40. The standard InChI is InChI=1S/C19H16F5N5O2/c1-28-11-7-12(29-4-5-31-8-18(29)2-3-18)25-26-16(11)15(27-28)9-6-10(19(22,23)24)14(21)17(30)13(9)20/h6-7,30H,2-5,8H2,1H3. The number of hydrogen-bond acceptors (Lipinski definition) is 6. The maximum atomic E-state index is 14.6. The van der Waals surface area contributed by atoms with Gasteiger partial charge in [0.2, 0.25) is 0 Å². The second-order valence-corrected chi connectivity index (χ2v) is 7.78. The van der Waals surface area contributed by atoms with Crippen LogP contribution in [0, 0.1) is 11.6 Å². The first-order chi connectivity index (χ1) is 14.6. The van der Waals surface area contributed by atoms with Gasteiger partial charge in [-0.3, -0.25) is 4.68 Å². The van der Waals surface area contributed by atoms with Crippen molar-refractivity contribution in [3.63, 3.8) is 0 Å². The zero-order valence-corrected chi connectivity index (χ0v) is 16.2. The first-order valence-electron chi connectivity index (χ1n) is 9.47. The maximum Gasteiger partial charge on any atom is 0.419 e. The summed E-state index contributed by atoms with van der Waals surface area (Å²) in [6.07, 6.45) is -3.24. The lowest BCUT2D eigenvalue weighted by molar-refractivity contribution is -0.140. The first-order valence-corrected chi connectivity index (χ1v) is 9.47. The van der Waals surface area contributed by atoms with E-state index in [1.807, 2.05) is 0 Å². The Morgan fingerprint density at radius 2 is 1.87 bits per heavy atom. The van der Waals surface area contributed by atoms with Crippen molar-refractivity contribution in [2.75, 3.05) is 24.7 Å². The molecule has 2 aliphatic rings. The first kappa shape index (κ1) is 19.9. The fraction of sp³-hybridized carbons (Fsp3) is 0.421. The highest BCUT2D eigenvalue weighted by Gasteiger charge is 2.50. The molecule has 1 aliphatic carbocycles. The summed E-state index contributed by atoms with van der Waals surface area (Å²) < 4.78 is 74.8. The van der Waals surface area contributed by atoms with Gasteiger partial charge >= 0.3 is 6.18 Å². The lowest BCUT2D eigenvalue weighted by Gasteiger charge is -2.36. The normalized spacial score (nSPS) is 18.2. The van der Waals surface area contributed by atoms with Crippen molar-refractivity contribution in [1.29, 1.82) is 0 Å². The number of alkyl halides is 3. The van der Waals surface area contributed by atoms with Crippen LogP contribution in [0.15, 0.2) is 12.1 Å². The van der Waals surface area contributed by atoms with Crippen molar-refractivity contribution in [2.45, 2.75) is 24.6 Å². The van der Waals surface area contributed by atoms with E-state index in [2.05, 4.69) is 20.2 Å². The number of nitrogens with zero attached hydrogens (tertiary/aromatic N) is 5. The number of aromatic nitrogens is 4. The summed E-state index contributed by atoms with van der Waals surface area (Å²) in [6, 6.07) is 1.96. The molecule has 1 spiro atoms. The van der Waals surface area contributed by atoms with Crippen molar-refractivity contribution < 1.29 is 31.8 Å². The molecule has 2 aromatic heterocycles. The molecule has 2 fully saturated rings. The highest BCUT2D eigenvalue weighted by molar-refractivity contribution is 5.91. The molecule has 0 radical (unpaired) electrons. The summed E-state index contributed by atoms with van der Waals surface area (Å²) in [7, 11) is 1.52. The molecule has 5 rings (SSSR count). The highest BCUT2D eigenvalue weighted by Crippen LogP contribution is 2.46. The predicted molar refractivity (Wildman–Crippen MR) is 98.5 cm³/mol. The van der Waals surface area contributed by atoms with Crippen LogP contribution in [0.5, 0.6) is 5.75 Å². The number of fused-ring (bicyclic) bond motifs is 1. The highest BCUT2D eigenvalue weighted by atomic mass is 19.4. The number of morpholine rings is 1. The molecule has 1 aromatic carbocycles. The van der Waals surface area contributed by atoms with Crippen LogP contribution >= 0.6 is 0 Å². The van der Waals surface area contributed by atoms with Gasteiger partial charge < -0.3 is 14.7 Å². The number of hydrogen-bond donors (Lipinski definition) is 1. The third-order valence-electron chi connectivity index (χ3n) is 5.83. The SMILES string of the molecule is Cn1nc(-c2cc(C(F)(F)F)c(F)c(O)c2F)c2nnc(N3CCOCC34CC4)cc21. The minimum Gasteiger partial charge on any atom is -0.503 e. The zero-order valence-electron chi connectivity index (χ0n) is 16.2. The average molecular weight is 441 g/mol. The average Bonchev–Trinajstić information content (AvgIpc) is 3.41. The molecular formula is C19H16F5N5O2. The van der Waals surface area contributed by atoms with E-state index in [4.69, 9.17) is 4.74 Å². The van der Waals surface area contributed by atoms with Gasteiger partial charge in [0.15, 0.2) is 23.2 Å². The number of phenolic OH excluding ortho intramolecular Hbond substituents is 1. The van der Waals surface area contributed by atoms with Gasteiger partial charge in [-0.2, -0.15) is 18.3 Å². The molecule has 1 aliphatic heterocycles. The van der Waals surface area contributed by atoms with Crippen LogP contribution in [0.2, 0.25) is 0 Å². The minimum absolute atomic E-state index is 0.0300. The lowest BCUT2D eigenvalue weighted by atomic mass is 10.0. The van der Waals surface area contributed by atoms with Crippen LogP contribution in [-0.4, -0.2) is 50.4 Å².